The lowest BCUT2D eigenvalue weighted by molar-refractivity contribution is -0.148. The number of anilines is 1. The second-order valence-electron chi connectivity index (χ2n) is 5.26. The summed E-state index contributed by atoms with van der Waals surface area (Å²) in [7, 11) is 1.25. The molecule has 1 aliphatic heterocycles. The molecule has 3 rings (SSSR count). The number of ether oxygens (including phenoxy) is 1. The lowest BCUT2D eigenvalue weighted by atomic mass is 9.56. The molecule has 1 amide bonds. The minimum atomic E-state index is -0.883. The zero-order chi connectivity index (χ0) is 14.5. The molecule has 20 heavy (non-hydrogen) atoms. The van der Waals surface area contributed by atoms with Crippen LogP contribution in [0, 0.1) is 5.92 Å². The fourth-order valence-electron chi connectivity index (χ4n) is 3.18. The fraction of sp³-hybridized carbons (Fsp3) is 0.500. The number of hydrogen-bond acceptors (Lipinski definition) is 5. The van der Waals surface area contributed by atoms with Crippen molar-refractivity contribution >= 4 is 23.7 Å². The third-order valence-corrected chi connectivity index (χ3v) is 4.07. The van der Waals surface area contributed by atoms with Gasteiger partial charge in [0.15, 0.2) is 5.82 Å². The van der Waals surface area contributed by atoms with E-state index in [4.69, 9.17) is 5.11 Å². The van der Waals surface area contributed by atoms with Gasteiger partial charge < -0.3 is 15.2 Å². The van der Waals surface area contributed by atoms with Gasteiger partial charge in [-0.05, 0) is 12.8 Å². The fourth-order valence-corrected chi connectivity index (χ4v) is 3.18. The van der Waals surface area contributed by atoms with Gasteiger partial charge in [-0.2, -0.15) is 5.10 Å². The number of carbonyl (C=O) groups excluding carboxylic acids is 2. The lowest BCUT2D eigenvalue weighted by Crippen LogP contribution is -2.49. The Kier molecular flexibility index (Phi) is 2.56. The largest absolute Gasteiger partial charge is 0.481 e. The molecular formula is C12H13N3O5. The summed E-state index contributed by atoms with van der Waals surface area (Å²) in [6.07, 6.45) is 0.811. The molecule has 8 heteroatoms. The molecule has 0 saturated heterocycles. The van der Waals surface area contributed by atoms with Crippen LogP contribution < -0.4 is 5.32 Å². The van der Waals surface area contributed by atoms with Crippen molar-refractivity contribution in [3.05, 3.63) is 11.3 Å². The maximum atomic E-state index is 11.7. The number of hydrogen-bond donors (Lipinski definition) is 3. The highest BCUT2D eigenvalue weighted by molar-refractivity contribution is 5.99. The molecule has 1 saturated carbocycles. The number of aromatic amines is 1. The Hall–Kier alpha value is -2.38. The Morgan fingerprint density at radius 1 is 1.45 bits per heavy atom. The normalized spacial score (nSPS) is 27.4. The number of esters is 1. The van der Waals surface area contributed by atoms with Crippen LogP contribution in [-0.4, -0.2) is 40.3 Å². The first-order valence-corrected chi connectivity index (χ1v) is 6.16. The van der Waals surface area contributed by atoms with E-state index in [0.29, 0.717) is 24.2 Å². The molecule has 3 N–H and O–H groups in total. The summed E-state index contributed by atoms with van der Waals surface area (Å²) in [6, 6.07) is 0. The third-order valence-electron chi connectivity index (χ3n) is 4.07. The van der Waals surface area contributed by atoms with E-state index < -0.39 is 23.3 Å². The number of nitrogens with one attached hydrogen (secondary N) is 2. The Morgan fingerprint density at radius 2 is 2.15 bits per heavy atom. The van der Waals surface area contributed by atoms with Gasteiger partial charge >= 0.3 is 11.9 Å². The van der Waals surface area contributed by atoms with Crippen molar-refractivity contribution in [1.82, 2.24) is 10.2 Å². The van der Waals surface area contributed by atoms with Crippen LogP contribution in [0.3, 0.4) is 0 Å². The highest BCUT2D eigenvalue weighted by Crippen LogP contribution is 2.54. The third kappa shape index (κ3) is 1.60. The van der Waals surface area contributed by atoms with Gasteiger partial charge in [0.2, 0.25) is 5.91 Å². The average Bonchev–Trinajstić information content (AvgIpc) is 2.77. The number of carbonyl (C=O) groups is 3. The molecule has 0 atom stereocenters. The van der Waals surface area contributed by atoms with Gasteiger partial charge in [0, 0.05) is 17.4 Å². The average molecular weight is 279 g/mol. The minimum Gasteiger partial charge on any atom is -0.481 e. The number of H-pyrrole nitrogens is 1. The van der Waals surface area contributed by atoms with Gasteiger partial charge in [0.25, 0.3) is 0 Å². The van der Waals surface area contributed by atoms with Crippen molar-refractivity contribution in [2.24, 2.45) is 5.92 Å². The Morgan fingerprint density at radius 3 is 2.75 bits per heavy atom. The summed E-state index contributed by atoms with van der Waals surface area (Å²) in [5.74, 6) is -1.87. The summed E-state index contributed by atoms with van der Waals surface area (Å²) >= 11 is 0. The number of amides is 1. The number of methoxy groups -OCH3 is 1. The first-order chi connectivity index (χ1) is 9.47. The monoisotopic (exact) mass is 279 g/mol. The van der Waals surface area contributed by atoms with E-state index >= 15 is 0 Å². The van der Waals surface area contributed by atoms with Crippen molar-refractivity contribution in [2.75, 3.05) is 12.4 Å². The summed E-state index contributed by atoms with van der Waals surface area (Å²) < 4.78 is 4.68. The maximum absolute atomic E-state index is 11.7. The molecular weight excluding hydrogens is 266 g/mol. The Bertz CT molecular complexity index is 615. The predicted molar refractivity (Wildman–Crippen MR) is 65.2 cm³/mol. The number of aliphatic carboxylic acids is 1. The van der Waals surface area contributed by atoms with Crippen molar-refractivity contribution in [2.45, 2.75) is 24.7 Å². The molecule has 0 radical (unpaired) electrons. The van der Waals surface area contributed by atoms with Gasteiger partial charge in [-0.15, -0.1) is 0 Å². The van der Waals surface area contributed by atoms with Crippen molar-refractivity contribution in [3.8, 4) is 0 Å². The number of carboxylic acid groups (broad SMARTS) is 1. The number of nitrogens with zero attached hydrogens (tertiary/aromatic N) is 1. The predicted octanol–water partition coefficient (Wildman–Crippen LogP) is 0.271. The van der Waals surface area contributed by atoms with Crippen LogP contribution in [0.25, 0.3) is 0 Å². The SMILES string of the molecule is COC(=O)c1[nH]nc2c1C1(CC(=O)N2)CC(C(=O)O)C1. The van der Waals surface area contributed by atoms with E-state index in [2.05, 4.69) is 20.3 Å². The zero-order valence-electron chi connectivity index (χ0n) is 10.7. The zero-order valence-corrected chi connectivity index (χ0v) is 10.7. The number of aromatic nitrogens is 2. The van der Waals surface area contributed by atoms with Gasteiger partial charge in [-0.1, -0.05) is 0 Å². The van der Waals surface area contributed by atoms with E-state index in [-0.39, 0.29) is 18.0 Å². The van der Waals surface area contributed by atoms with Crippen LogP contribution in [0.15, 0.2) is 0 Å². The molecule has 1 fully saturated rings. The lowest BCUT2D eigenvalue weighted by Gasteiger charge is -2.47. The molecule has 1 aliphatic carbocycles. The van der Waals surface area contributed by atoms with E-state index in [1.165, 1.54) is 7.11 Å². The van der Waals surface area contributed by atoms with Gasteiger partial charge in [-0.25, -0.2) is 4.79 Å². The molecule has 0 bridgehead atoms. The number of rotatable bonds is 2. The van der Waals surface area contributed by atoms with Crippen LogP contribution >= 0.6 is 0 Å². The number of carboxylic acids is 1. The molecule has 2 heterocycles. The first kappa shape index (κ1) is 12.6. The summed E-state index contributed by atoms with van der Waals surface area (Å²) in [6.45, 7) is 0. The van der Waals surface area contributed by atoms with Crippen molar-refractivity contribution in [1.29, 1.82) is 0 Å². The van der Waals surface area contributed by atoms with E-state index in [1.807, 2.05) is 0 Å². The maximum Gasteiger partial charge on any atom is 0.356 e. The summed E-state index contributed by atoms with van der Waals surface area (Å²) in [4.78, 5) is 34.5. The quantitative estimate of drug-likeness (QED) is 0.668. The summed E-state index contributed by atoms with van der Waals surface area (Å²) in [5, 5.41) is 18.1. The Balaban J connectivity index is 2.03. The second kappa shape index (κ2) is 4.06. The highest BCUT2D eigenvalue weighted by Gasteiger charge is 2.55. The Labute approximate surface area is 113 Å². The van der Waals surface area contributed by atoms with Crippen molar-refractivity contribution in [3.63, 3.8) is 0 Å². The molecule has 1 aromatic heterocycles. The van der Waals surface area contributed by atoms with Crippen LogP contribution in [0.2, 0.25) is 0 Å². The molecule has 0 aromatic carbocycles. The van der Waals surface area contributed by atoms with Crippen LogP contribution in [0.4, 0.5) is 5.82 Å². The van der Waals surface area contributed by atoms with Gasteiger partial charge in [-0.3, -0.25) is 14.7 Å². The van der Waals surface area contributed by atoms with Gasteiger partial charge in [0.1, 0.15) is 5.69 Å². The van der Waals surface area contributed by atoms with Crippen LogP contribution in [0.5, 0.6) is 0 Å². The molecule has 0 unspecified atom stereocenters. The van der Waals surface area contributed by atoms with Crippen LogP contribution in [0.1, 0.15) is 35.3 Å². The molecule has 2 aliphatic rings. The molecule has 1 spiro atoms. The first-order valence-electron chi connectivity index (χ1n) is 6.16. The van der Waals surface area contributed by atoms with E-state index in [9.17, 15) is 14.4 Å². The van der Waals surface area contributed by atoms with E-state index in [1.54, 1.807) is 0 Å². The smallest absolute Gasteiger partial charge is 0.356 e. The van der Waals surface area contributed by atoms with Gasteiger partial charge in [0.05, 0.1) is 13.0 Å². The summed E-state index contributed by atoms with van der Waals surface area (Å²) in [5.41, 5.74) is 0.129. The minimum absolute atomic E-state index is 0.160. The topological polar surface area (TPSA) is 121 Å². The highest BCUT2D eigenvalue weighted by atomic mass is 16.5. The number of fused-ring (bicyclic) bond motifs is 2. The second-order valence-corrected chi connectivity index (χ2v) is 5.26. The standard InChI is InChI=1S/C12H13N3O5/c1-20-11(19)8-7-9(15-14-8)13-6(16)4-12(7)2-5(3-12)10(17)18/h5H,2-4H2,1H3,(H,17,18)(H2,13,14,15,16). The molecule has 8 nitrogen and oxygen atoms in total. The van der Waals surface area contributed by atoms with E-state index in [0.717, 1.165) is 0 Å². The molecule has 1 aromatic rings. The molecule has 106 valence electrons. The van der Waals surface area contributed by atoms with Crippen molar-refractivity contribution < 1.29 is 24.2 Å². The van der Waals surface area contributed by atoms with Crippen LogP contribution in [-0.2, 0) is 19.7 Å².